The Balaban J connectivity index is 1.52. The van der Waals surface area contributed by atoms with Crippen molar-refractivity contribution < 1.29 is 31.5 Å². The Morgan fingerprint density at radius 3 is 2.48 bits per heavy atom. The molecule has 2 aromatic rings. The lowest BCUT2D eigenvalue weighted by atomic mass is 9.97. The predicted molar refractivity (Wildman–Crippen MR) is 120 cm³/mol. The fourth-order valence-electron chi connectivity index (χ4n) is 3.54. The van der Waals surface area contributed by atoms with E-state index in [1.165, 1.54) is 29.0 Å². The Labute approximate surface area is 192 Å². The van der Waals surface area contributed by atoms with Crippen LogP contribution in [0.25, 0.3) is 6.08 Å². The third-order valence-corrected chi connectivity index (χ3v) is 6.89. The zero-order valence-electron chi connectivity index (χ0n) is 18.1. The van der Waals surface area contributed by atoms with Gasteiger partial charge >= 0.3 is 6.61 Å². The molecule has 1 heterocycles. The van der Waals surface area contributed by atoms with Crippen LogP contribution in [0.4, 0.5) is 8.78 Å². The van der Waals surface area contributed by atoms with E-state index in [1.807, 2.05) is 30.3 Å². The first-order valence-corrected chi connectivity index (χ1v) is 11.9. The van der Waals surface area contributed by atoms with Crippen molar-refractivity contribution in [1.82, 2.24) is 9.62 Å². The predicted octanol–water partition coefficient (Wildman–Crippen LogP) is 3.63. The van der Waals surface area contributed by atoms with Crippen molar-refractivity contribution in [2.45, 2.75) is 26.0 Å². The lowest BCUT2D eigenvalue weighted by molar-refractivity contribution is -0.126. The van der Waals surface area contributed by atoms with Crippen LogP contribution in [0.3, 0.4) is 0 Å². The van der Waals surface area contributed by atoms with Gasteiger partial charge in [0.15, 0.2) is 11.5 Å². The number of nitrogens with one attached hydrogen (secondary N) is 1. The van der Waals surface area contributed by atoms with Crippen molar-refractivity contribution in [2.75, 3.05) is 20.2 Å². The summed E-state index contributed by atoms with van der Waals surface area (Å²) >= 11 is 0. The minimum absolute atomic E-state index is 0.110. The van der Waals surface area contributed by atoms with Crippen molar-refractivity contribution in [3.8, 4) is 11.5 Å². The largest absolute Gasteiger partial charge is 0.493 e. The molecule has 0 bridgehead atoms. The summed E-state index contributed by atoms with van der Waals surface area (Å²) < 4.78 is 61.1. The highest BCUT2D eigenvalue weighted by Gasteiger charge is 2.29. The molecule has 1 amide bonds. The van der Waals surface area contributed by atoms with Crippen LogP contribution in [0.5, 0.6) is 11.5 Å². The number of carbonyl (C=O) groups excluding carboxylic acids is 1. The number of halogens is 2. The van der Waals surface area contributed by atoms with Gasteiger partial charge in [-0.2, -0.15) is 13.1 Å². The molecule has 10 heteroatoms. The van der Waals surface area contributed by atoms with Crippen LogP contribution in [0.1, 0.15) is 24.0 Å². The molecule has 7 nitrogen and oxygen atoms in total. The molecule has 0 saturated carbocycles. The third kappa shape index (κ3) is 7.00. The molecule has 0 unspecified atom stereocenters. The second-order valence-electron chi connectivity index (χ2n) is 7.51. The molecule has 1 aliphatic rings. The molecule has 0 spiro atoms. The Morgan fingerprint density at radius 1 is 1.15 bits per heavy atom. The SMILES string of the molecule is COc1ccc(CNC(=O)C2CCN(S(=O)(=O)/C=C/c3ccccc3)CC2)cc1OC(F)F. The summed E-state index contributed by atoms with van der Waals surface area (Å²) in [6.45, 7) is -2.38. The van der Waals surface area contributed by atoms with Crippen LogP contribution in [-0.2, 0) is 21.4 Å². The Bertz CT molecular complexity index is 1070. The number of alkyl halides is 2. The van der Waals surface area contributed by atoms with Gasteiger partial charge in [-0.25, -0.2) is 8.42 Å². The van der Waals surface area contributed by atoms with Crippen LogP contribution in [0, 0.1) is 5.92 Å². The summed E-state index contributed by atoms with van der Waals surface area (Å²) in [5.41, 5.74) is 1.36. The summed E-state index contributed by atoms with van der Waals surface area (Å²) in [7, 11) is -2.23. The summed E-state index contributed by atoms with van der Waals surface area (Å²) in [6, 6.07) is 13.7. The van der Waals surface area contributed by atoms with Gasteiger partial charge in [0.05, 0.1) is 7.11 Å². The Morgan fingerprint density at radius 2 is 1.85 bits per heavy atom. The highest BCUT2D eigenvalue weighted by Crippen LogP contribution is 2.29. The van der Waals surface area contributed by atoms with Crippen molar-refractivity contribution >= 4 is 22.0 Å². The zero-order valence-corrected chi connectivity index (χ0v) is 18.9. The van der Waals surface area contributed by atoms with E-state index < -0.39 is 16.6 Å². The molecular formula is C23H26F2N2O5S. The minimum Gasteiger partial charge on any atom is -0.493 e. The van der Waals surface area contributed by atoms with Gasteiger partial charge in [0.1, 0.15) is 0 Å². The van der Waals surface area contributed by atoms with Crippen LogP contribution in [-0.4, -0.2) is 45.4 Å². The topological polar surface area (TPSA) is 84.9 Å². The molecule has 33 heavy (non-hydrogen) atoms. The minimum atomic E-state index is -3.57. The number of amides is 1. The molecule has 0 atom stereocenters. The number of rotatable bonds is 9. The number of piperidine rings is 1. The highest BCUT2D eigenvalue weighted by atomic mass is 32.2. The summed E-state index contributed by atoms with van der Waals surface area (Å²) in [4.78, 5) is 12.6. The third-order valence-electron chi connectivity index (χ3n) is 5.33. The van der Waals surface area contributed by atoms with Crippen molar-refractivity contribution in [3.63, 3.8) is 0 Å². The van der Waals surface area contributed by atoms with E-state index in [4.69, 9.17) is 4.74 Å². The van der Waals surface area contributed by atoms with E-state index in [2.05, 4.69) is 10.1 Å². The lowest BCUT2D eigenvalue weighted by Crippen LogP contribution is -2.42. The number of ether oxygens (including phenoxy) is 2. The van der Waals surface area contributed by atoms with Gasteiger partial charge < -0.3 is 14.8 Å². The first-order chi connectivity index (χ1) is 15.8. The standard InChI is InChI=1S/C23H26F2N2O5S/c1-31-20-8-7-18(15-21(20)32-23(24)25)16-26-22(28)19-9-12-27(13-10-19)33(29,30)14-11-17-5-3-2-4-6-17/h2-8,11,14-15,19,23H,9-10,12-13,16H2,1H3,(H,26,28)/b14-11+. The number of hydrogen-bond acceptors (Lipinski definition) is 5. The van der Waals surface area contributed by atoms with Crippen LogP contribution in [0.2, 0.25) is 0 Å². The second kappa shape index (κ2) is 11.2. The molecule has 178 valence electrons. The Kier molecular flexibility index (Phi) is 8.40. The number of benzene rings is 2. The average molecular weight is 481 g/mol. The molecule has 0 aliphatic carbocycles. The molecule has 0 radical (unpaired) electrons. The van der Waals surface area contributed by atoms with Gasteiger partial charge in [-0.15, -0.1) is 0 Å². The van der Waals surface area contributed by atoms with Gasteiger partial charge in [0.2, 0.25) is 15.9 Å². The molecule has 0 aromatic heterocycles. The quantitative estimate of drug-likeness (QED) is 0.593. The van der Waals surface area contributed by atoms with Crippen molar-refractivity contribution in [1.29, 1.82) is 0 Å². The average Bonchev–Trinajstić information content (AvgIpc) is 2.82. The van der Waals surface area contributed by atoms with E-state index in [1.54, 1.807) is 12.1 Å². The van der Waals surface area contributed by atoms with Gasteiger partial charge in [-0.3, -0.25) is 4.79 Å². The summed E-state index contributed by atoms with van der Waals surface area (Å²) in [5, 5.41) is 3.97. The van der Waals surface area contributed by atoms with E-state index >= 15 is 0 Å². The van der Waals surface area contributed by atoms with E-state index in [0.29, 0.717) is 18.4 Å². The maximum absolute atomic E-state index is 12.6. The molecule has 1 fully saturated rings. The first kappa shape index (κ1) is 24.7. The zero-order chi connectivity index (χ0) is 23.8. The first-order valence-electron chi connectivity index (χ1n) is 10.4. The molecule has 1 aliphatic heterocycles. The van der Waals surface area contributed by atoms with E-state index in [9.17, 15) is 22.0 Å². The monoisotopic (exact) mass is 480 g/mol. The Hall–Kier alpha value is -2.98. The number of hydrogen-bond donors (Lipinski definition) is 1. The van der Waals surface area contributed by atoms with Crippen molar-refractivity contribution in [3.05, 3.63) is 65.1 Å². The number of sulfonamides is 1. The molecular weight excluding hydrogens is 454 g/mol. The number of carbonyl (C=O) groups is 1. The maximum Gasteiger partial charge on any atom is 0.387 e. The fourth-order valence-corrected chi connectivity index (χ4v) is 4.76. The summed E-state index contributed by atoms with van der Waals surface area (Å²) in [6.07, 6.45) is 2.34. The summed E-state index contributed by atoms with van der Waals surface area (Å²) in [5.74, 6) is -0.481. The normalized spacial score (nSPS) is 15.6. The smallest absolute Gasteiger partial charge is 0.387 e. The van der Waals surface area contributed by atoms with E-state index in [-0.39, 0.29) is 43.0 Å². The van der Waals surface area contributed by atoms with Gasteiger partial charge in [-0.1, -0.05) is 36.4 Å². The molecule has 2 aromatic carbocycles. The molecule has 1 N–H and O–H groups in total. The second-order valence-corrected chi connectivity index (χ2v) is 9.33. The molecule has 3 rings (SSSR count). The molecule has 1 saturated heterocycles. The van der Waals surface area contributed by atoms with Gasteiger partial charge in [0, 0.05) is 31.0 Å². The number of methoxy groups -OCH3 is 1. The highest BCUT2D eigenvalue weighted by molar-refractivity contribution is 7.92. The van der Waals surface area contributed by atoms with E-state index in [0.717, 1.165) is 5.56 Å². The van der Waals surface area contributed by atoms with Gasteiger partial charge in [0.25, 0.3) is 0 Å². The lowest BCUT2D eigenvalue weighted by Gasteiger charge is -2.29. The van der Waals surface area contributed by atoms with Crippen LogP contribution < -0.4 is 14.8 Å². The van der Waals surface area contributed by atoms with Crippen LogP contribution in [0.15, 0.2) is 53.9 Å². The maximum atomic E-state index is 12.6. The fraction of sp³-hybridized carbons (Fsp3) is 0.348. The number of nitrogens with zero attached hydrogens (tertiary/aromatic N) is 1. The van der Waals surface area contributed by atoms with Crippen molar-refractivity contribution in [2.24, 2.45) is 5.92 Å². The van der Waals surface area contributed by atoms with Gasteiger partial charge in [-0.05, 0) is 42.2 Å². The van der Waals surface area contributed by atoms with Crippen LogP contribution >= 0.6 is 0 Å².